The molecule has 17 heavy (non-hydrogen) atoms. The Kier molecular flexibility index (Phi) is 4.57. The smallest absolute Gasteiger partial charge is 0.0962 e. The number of nitrogens with zero attached hydrogens (tertiary/aromatic N) is 1. The van der Waals surface area contributed by atoms with Crippen molar-refractivity contribution in [2.75, 3.05) is 6.54 Å². The summed E-state index contributed by atoms with van der Waals surface area (Å²) in [6.07, 6.45) is 5.49. The van der Waals surface area contributed by atoms with Crippen LogP contribution in [0.1, 0.15) is 73.9 Å². The van der Waals surface area contributed by atoms with Gasteiger partial charge in [0.05, 0.1) is 10.7 Å². The Morgan fingerprint density at radius 3 is 2.65 bits per heavy atom. The van der Waals surface area contributed by atoms with E-state index in [0.29, 0.717) is 5.92 Å². The highest BCUT2D eigenvalue weighted by Gasteiger charge is 2.23. The molecule has 0 atom stereocenters. The number of aromatic nitrogens is 1. The Morgan fingerprint density at radius 1 is 1.35 bits per heavy atom. The molecule has 3 heteroatoms. The van der Waals surface area contributed by atoms with Crippen LogP contribution in [-0.4, -0.2) is 11.5 Å². The van der Waals surface area contributed by atoms with Gasteiger partial charge in [-0.15, -0.1) is 11.3 Å². The molecule has 0 radical (unpaired) electrons. The molecular weight excluding hydrogens is 228 g/mol. The monoisotopic (exact) mass is 252 g/mol. The summed E-state index contributed by atoms with van der Waals surface area (Å²) in [5.41, 5.74) is 1.33. The minimum absolute atomic E-state index is 0.551. The second-order valence-corrected chi connectivity index (χ2v) is 6.39. The van der Waals surface area contributed by atoms with E-state index in [9.17, 15) is 0 Å². The second-order valence-electron chi connectivity index (χ2n) is 5.28. The zero-order valence-corrected chi connectivity index (χ0v) is 12.1. The minimum Gasteiger partial charge on any atom is -0.312 e. The molecule has 0 saturated heterocycles. The average molecular weight is 252 g/mol. The number of hydrogen-bond donors (Lipinski definition) is 1. The summed E-state index contributed by atoms with van der Waals surface area (Å²) in [5, 5.41) is 4.84. The fraction of sp³-hybridized carbons (Fsp3) is 0.786. The van der Waals surface area contributed by atoms with Crippen LogP contribution in [0.15, 0.2) is 0 Å². The third-order valence-corrected chi connectivity index (χ3v) is 4.76. The first-order chi connectivity index (χ1) is 8.22. The van der Waals surface area contributed by atoms with Crippen LogP contribution in [0.5, 0.6) is 0 Å². The lowest BCUT2D eigenvalue weighted by atomic mass is 10.1. The summed E-state index contributed by atoms with van der Waals surface area (Å²) in [6, 6.07) is 0. The minimum atomic E-state index is 0.551. The predicted molar refractivity (Wildman–Crippen MR) is 74.8 cm³/mol. The Hall–Kier alpha value is -0.410. The average Bonchev–Trinajstić information content (AvgIpc) is 2.94. The maximum absolute atomic E-state index is 4.92. The number of hydrogen-bond acceptors (Lipinski definition) is 3. The first-order valence-corrected chi connectivity index (χ1v) is 7.74. The van der Waals surface area contributed by atoms with Gasteiger partial charge in [-0.05, 0) is 25.3 Å². The maximum atomic E-state index is 4.92. The quantitative estimate of drug-likeness (QED) is 0.855. The van der Waals surface area contributed by atoms with Gasteiger partial charge in [0.2, 0.25) is 0 Å². The summed E-state index contributed by atoms with van der Waals surface area (Å²) in [4.78, 5) is 6.38. The molecule has 0 aliphatic heterocycles. The van der Waals surface area contributed by atoms with Crippen molar-refractivity contribution in [1.29, 1.82) is 0 Å². The van der Waals surface area contributed by atoms with E-state index in [0.717, 1.165) is 19.0 Å². The van der Waals surface area contributed by atoms with Crippen molar-refractivity contribution in [3.63, 3.8) is 0 Å². The second kappa shape index (κ2) is 5.96. The van der Waals surface area contributed by atoms with E-state index in [4.69, 9.17) is 4.98 Å². The van der Waals surface area contributed by atoms with E-state index in [2.05, 4.69) is 26.1 Å². The van der Waals surface area contributed by atoms with Crippen molar-refractivity contribution in [2.45, 2.75) is 64.8 Å². The number of thiazole rings is 1. The topological polar surface area (TPSA) is 24.9 Å². The summed E-state index contributed by atoms with van der Waals surface area (Å²) in [5.74, 6) is 1.31. The standard InChI is InChI=1S/C14H24N2S/c1-4-15-9-12-13(10(2)3)16-14(17-12)11-7-5-6-8-11/h10-11,15H,4-9H2,1-3H3. The molecule has 1 aromatic heterocycles. The van der Waals surface area contributed by atoms with Gasteiger partial charge < -0.3 is 5.32 Å². The summed E-state index contributed by atoms with van der Waals surface area (Å²) in [7, 11) is 0. The first-order valence-electron chi connectivity index (χ1n) is 6.92. The van der Waals surface area contributed by atoms with Gasteiger partial charge in [-0.1, -0.05) is 33.6 Å². The van der Waals surface area contributed by atoms with Gasteiger partial charge >= 0.3 is 0 Å². The van der Waals surface area contributed by atoms with Crippen molar-refractivity contribution in [3.8, 4) is 0 Å². The van der Waals surface area contributed by atoms with Crippen molar-refractivity contribution in [3.05, 3.63) is 15.6 Å². The lowest BCUT2D eigenvalue weighted by molar-refractivity contribution is 0.694. The molecule has 2 rings (SSSR count). The van der Waals surface area contributed by atoms with Crippen LogP contribution in [0.4, 0.5) is 0 Å². The van der Waals surface area contributed by atoms with E-state index in [1.807, 2.05) is 11.3 Å². The SMILES string of the molecule is CCNCc1sc(C2CCCC2)nc1C(C)C. The zero-order valence-electron chi connectivity index (χ0n) is 11.3. The molecule has 0 bridgehead atoms. The first kappa shape index (κ1) is 13.0. The Balaban J connectivity index is 2.17. The maximum Gasteiger partial charge on any atom is 0.0962 e. The van der Waals surface area contributed by atoms with E-state index in [1.54, 1.807) is 0 Å². The van der Waals surface area contributed by atoms with E-state index < -0.39 is 0 Å². The highest BCUT2D eigenvalue weighted by Crippen LogP contribution is 2.38. The Labute approximate surface area is 109 Å². The van der Waals surface area contributed by atoms with Crippen LogP contribution < -0.4 is 5.32 Å². The van der Waals surface area contributed by atoms with Gasteiger partial charge in [0.15, 0.2) is 0 Å². The van der Waals surface area contributed by atoms with E-state index in [1.165, 1.54) is 41.3 Å². The fourth-order valence-corrected chi connectivity index (χ4v) is 3.90. The summed E-state index contributed by atoms with van der Waals surface area (Å²) < 4.78 is 0. The molecule has 0 unspecified atom stereocenters. The van der Waals surface area contributed by atoms with E-state index >= 15 is 0 Å². The third kappa shape index (κ3) is 3.08. The molecule has 1 N–H and O–H groups in total. The molecule has 1 aliphatic carbocycles. The van der Waals surface area contributed by atoms with Gasteiger partial charge in [0.25, 0.3) is 0 Å². The lowest BCUT2D eigenvalue weighted by Gasteiger charge is -2.05. The molecule has 0 amide bonds. The van der Waals surface area contributed by atoms with Crippen molar-refractivity contribution in [1.82, 2.24) is 10.3 Å². The molecule has 1 fully saturated rings. The molecule has 1 heterocycles. The van der Waals surface area contributed by atoms with Crippen LogP contribution >= 0.6 is 11.3 Å². The molecule has 1 saturated carbocycles. The van der Waals surface area contributed by atoms with Crippen molar-refractivity contribution >= 4 is 11.3 Å². The molecule has 96 valence electrons. The molecule has 0 spiro atoms. The van der Waals surface area contributed by atoms with Gasteiger partial charge in [-0.3, -0.25) is 0 Å². The Morgan fingerprint density at radius 2 is 2.06 bits per heavy atom. The largest absolute Gasteiger partial charge is 0.312 e. The van der Waals surface area contributed by atoms with Crippen LogP contribution in [-0.2, 0) is 6.54 Å². The van der Waals surface area contributed by atoms with Gasteiger partial charge in [0.1, 0.15) is 0 Å². The van der Waals surface area contributed by atoms with Gasteiger partial charge in [-0.2, -0.15) is 0 Å². The summed E-state index contributed by atoms with van der Waals surface area (Å²) >= 11 is 1.95. The fourth-order valence-electron chi connectivity index (χ4n) is 2.55. The molecule has 2 nitrogen and oxygen atoms in total. The number of nitrogens with one attached hydrogen (secondary N) is 1. The predicted octanol–water partition coefficient (Wildman–Crippen LogP) is 4.03. The van der Waals surface area contributed by atoms with Gasteiger partial charge in [0, 0.05) is 17.3 Å². The number of rotatable bonds is 5. The lowest BCUT2D eigenvalue weighted by Crippen LogP contribution is -2.12. The highest BCUT2D eigenvalue weighted by atomic mass is 32.1. The molecule has 1 aromatic rings. The van der Waals surface area contributed by atoms with Crippen LogP contribution in [0, 0.1) is 0 Å². The third-order valence-electron chi connectivity index (χ3n) is 3.53. The summed E-state index contributed by atoms with van der Waals surface area (Å²) in [6.45, 7) is 8.70. The van der Waals surface area contributed by atoms with Gasteiger partial charge in [-0.25, -0.2) is 4.98 Å². The zero-order chi connectivity index (χ0) is 12.3. The molecular formula is C14H24N2S. The van der Waals surface area contributed by atoms with E-state index in [-0.39, 0.29) is 0 Å². The Bertz CT molecular complexity index is 351. The van der Waals surface area contributed by atoms with Crippen molar-refractivity contribution < 1.29 is 0 Å². The van der Waals surface area contributed by atoms with Crippen molar-refractivity contribution in [2.24, 2.45) is 0 Å². The normalized spacial score (nSPS) is 17.2. The van der Waals surface area contributed by atoms with Crippen LogP contribution in [0.2, 0.25) is 0 Å². The highest BCUT2D eigenvalue weighted by molar-refractivity contribution is 7.11. The van der Waals surface area contributed by atoms with Crippen LogP contribution in [0.3, 0.4) is 0 Å². The molecule has 1 aliphatic rings. The molecule has 0 aromatic carbocycles. The van der Waals surface area contributed by atoms with Crippen LogP contribution in [0.25, 0.3) is 0 Å².